The van der Waals surface area contributed by atoms with Gasteiger partial charge in [0.15, 0.2) is 0 Å². The molecule has 1 aliphatic rings. The second-order valence-corrected chi connectivity index (χ2v) is 2.82. The van der Waals surface area contributed by atoms with E-state index in [1.165, 1.54) is 0 Å². The zero-order chi connectivity index (χ0) is 7.78. The number of carbonyl (C=O) groups is 1. The Morgan fingerprint density at radius 3 is 2.50 bits per heavy atom. The highest BCUT2D eigenvalue weighted by atomic mass is 16.1. The zero-order valence-electron chi connectivity index (χ0n) is 6.13. The lowest BCUT2D eigenvalue weighted by atomic mass is 9.90. The Labute approximate surface area is 60.2 Å². The van der Waals surface area contributed by atoms with Gasteiger partial charge >= 0.3 is 0 Å². The molecule has 58 valence electrons. The highest BCUT2D eigenvalue weighted by Crippen LogP contribution is 2.16. The highest BCUT2D eigenvalue weighted by Gasteiger charge is 2.43. The minimum absolute atomic E-state index is 0.391. The van der Waals surface area contributed by atoms with E-state index in [0.717, 1.165) is 6.54 Å². The number of likely N-dealkylation sites (N-methyl/N-ethyl adjacent to an activating group) is 1. The van der Waals surface area contributed by atoms with E-state index in [9.17, 15) is 4.79 Å². The third kappa shape index (κ3) is 0.998. The van der Waals surface area contributed by atoms with Crippen LogP contribution in [0.15, 0.2) is 0 Å². The maximum Gasteiger partial charge on any atom is 0.240 e. The number of rotatable bonds is 2. The third-order valence-corrected chi connectivity index (χ3v) is 1.95. The minimum Gasteiger partial charge on any atom is -0.368 e. The highest BCUT2D eigenvalue weighted by molar-refractivity contribution is 5.86. The fourth-order valence-electron chi connectivity index (χ4n) is 1.13. The van der Waals surface area contributed by atoms with Gasteiger partial charge in [-0.3, -0.25) is 9.69 Å². The van der Waals surface area contributed by atoms with Gasteiger partial charge in [0.1, 0.15) is 5.54 Å². The summed E-state index contributed by atoms with van der Waals surface area (Å²) in [6.45, 7) is 4.18. The molecule has 0 radical (unpaired) electrons. The zero-order valence-corrected chi connectivity index (χ0v) is 6.13. The molecule has 1 heterocycles. The predicted octanol–water partition coefficient (Wildman–Crippen LogP) is -1.50. The molecule has 1 fully saturated rings. The molecule has 0 bridgehead atoms. The summed E-state index contributed by atoms with van der Waals surface area (Å²) in [5.41, 5.74) is 9.91. The molecular weight excluding hydrogens is 130 g/mol. The Bertz CT molecular complexity index is 151. The SMILES string of the molecule is CCN1CC(N)(C(N)=O)C1. The summed E-state index contributed by atoms with van der Waals surface area (Å²) in [6, 6.07) is 0. The van der Waals surface area contributed by atoms with Crippen LogP contribution in [0.25, 0.3) is 0 Å². The second kappa shape index (κ2) is 2.21. The fraction of sp³-hybridized carbons (Fsp3) is 0.833. The summed E-state index contributed by atoms with van der Waals surface area (Å²) in [5, 5.41) is 0. The number of carbonyl (C=O) groups excluding carboxylic acids is 1. The fourth-order valence-corrected chi connectivity index (χ4v) is 1.13. The number of hydrogen-bond acceptors (Lipinski definition) is 3. The normalized spacial score (nSPS) is 23.8. The van der Waals surface area contributed by atoms with Crippen LogP contribution < -0.4 is 11.5 Å². The quantitative estimate of drug-likeness (QED) is 0.494. The van der Waals surface area contributed by atoms with Gasteiger partial charge in [-0.05, 0) is 6.54 Å². The van der Waals surface area contributed by atoms with Crippen LogP contribution in [0.5, 0.6) is 0 Å². The lowest BCUT2D eigenvalue weighted by molar-refractivity contribution is -0.129. The smallest absolute Gasteiger partial charge is 0.240 e. The number of hydrogen-bond donors (Lipinski definition) is 2. The van der Waals surface area contributed by atoms with Crippen molar-refractivity contribution in [2.75, 3.05) is 19.6 Å². The molecule has 1 amide bonds. The summed E-state index contributed by atoms with van der Waals surface area (Å²) in [4.78, 5) is 12.7. The Morgan fingerprint density at radius 2 is 2.20 bits per heavy atom. The van der Waals surface area contributed by atoms with Gasteiger partial charge in [-0.25, -0.2) is 0 Å². The van der Waals surface area contributed by atoms with Crippen LogP contribution in [0.1, 0.15) is 6.92 Å². The van der Waals surface area contributed by atoms with Crippen molar-refractivity contribution in [3.05, 3.63) is 0 Å². The maximum atomic E-state index is 10.6. The van der Waals surface area contributed by atoms with Gasteiger partial charge in [-0.1, -0.05) is 6.92 Å². The molecule has 4 N–H and O–H groups in total. The molecule has 0 spiro atoms. The molecule has 0 aromatic rings. The van der Waals surface area contributed by atoms with Crippen LogP contribution in [0.3, 0.4) is 0 Å². The first kappa shape index (κ1) is 7.50. The number of likely N-dealkylation sites (tertiary alicyclic amines) is 1. The van der Waals surface area contributed by atoms with Gasteiger partial charge in [-0.2, -0.15) is 0 Å². The molecular formula is C6H13N3O. The average Bonchev–Trinajstić information content (AvgIpc) is 1.80. The van der Waals surface area contributed by atoms with E-state index < -0.39 is 11.4 Å². The molecule has 4 nitrogen and oxygen atoms in total. The number of nitrogens with two attached hydrogens (primary N) is 2. The topological polar surface area (TPSA) is 72.3 Å². The van der Waals surface area contributed by atoms with Crippen LogP contribution in [-0.4, -0.2) is 36.0 Å². The number of nitrogens with zero attached hydrogens (tertiary/aromatic N) is 1. The van der Waals surface area contributed by atoms with Crippen LogP contribution in [0, 0.1) is 0 Å². The Balaban J connectivity index is 2.42. The van der Waals surface area contributed by atoms with E-state index in [1.54, 1.807) is 0 Å². The standard InChI is InChI=1S/C6H13N3O/c1-2-9-3-6(8,4-9)5(7)10/h2-4,8H2,1H3,(H2,7,10). The molecule has 1 saturated heterocycles. The van der Waals surface area contributed by atoms with Crippen LogP contribution >= 0.6 is 0 Å². The van der Waals surface area contributed by atoms with E-state index in [4.69, 9.17) is 11.5 Å². The van der Waals surface area contributed by atoms with Crippen molar-refractivity contribution in [1.82, 2.24) is 4.90 Å². The molecule has 1 rings (SSSR count). The van der Waals surface area contributed by atoms with Gasteiger partial charge in [0, 0.05) is 13.1 Å². The van der Waals surface area contributed by atoms with E-state index in [0.29, 0.717) is 13.1 Å². The van der Waals surface area contributed by atoms with Gasteiger partial charge in [0.05, 0.1) is 0 Å². The van der Waals surface area contributed by atoms with Gasteiger partial charge in [-0.15, -0.1) is 0 Å². The summed E-state index contributed by atoms with van der Waals surface area (Å²) in [5.74, 6) is -0.391. The molecule has 4 heteroatoms. The molecule has 0 aromatic heterocycles. The van der Waals surface area contributed by atoms with E-state index in [-0.39, 0.29) is 0 Å². The predicted molar refractivity (Wildman–Crippen MR) is 38.2 cm³/mol. The molecule has 0 unspecified atom stereocenters. The lowest BCUT2D eigenvalue weighted by Gasteiger charge is -2.44. The summed E-state index contributed by atoms with van der Waals surface area (Å²) in [7, 11) is 0. The Morgan fingerprint density at radius 1 is 1.70 bits per heavy atom. The summed E-state index contributed by atoms with van der Waals surface area (Å²) < 4.78 is 0. The van der Waals surface area contributed by atoms with Crippen LogP contribution in [0.4, 0.5) is 0 Å². The van der Waals surface area contributed by atoms with E-state index >= 15 is 0 Å². The monoisotopic (exact) mass is 143 g/mol. The Kier molecular flexibility index (Phi) is 1.66. The van der Waals surface area contributed by atoms with Crippen molar-refractivity contribution in [1.29, 1.82) is 0 Å². The van der Waals surface area contributed by atoms with E-state index in [2.05, 4.69) is 4.90 Å². The van der Waals surface area contributed by atoms with Crippen molar-refractivity contribution >= 4 is 5.91 Å². The maximum absolute atomic E-state index is 10.6. The summed E-state index contributed by atoms with van der Waals surface area (Å²) in [6.07, 6.45) is 0. The lowest BCUT2D eigenvalue weighted by Crippen LogP contribution is -2.73. The molecule has 10 heavy (non-hydrogen) atoms. The van der Waals surface area contributed by atoms with Crippen LogP contribution in [0.2, 0.25) is 0 Å². The summed E-state index contributed by atoms with van der Waals surface area (Å²) >= 11 is 0. The third-order valence-electron chi connectivity index (χ3n) is 1.95. The molecule has 1 aliphatic heterocycles. The Hall–Kier alpha value is -0.610. The molecule has 0 atom stereocenters. The van der Waals surface area contributed by atoms with Crippen molar-refractivity contribution in [2.24, 2.45) is 11.5 Å². The number of primary amides is 1. The molecule has 0 aromatic carbocycles. The largest absolute Gasteiger partial charge is 0.368 e. The minimum atomic E-state index is -0.740. The first-order chi connectivity index (χ1) is 4.58. The first-order valence-electron chi connectivity index (χ1n) is 3.39. The molecule has 0 aliphatic carbocycles. The van der Waals surface area contributed by atoms with Crippen molar-refractivity contribution in [2.45, 2.75) is 12.5 Å². The van der Waals surface area contributed by atoms with Crippen molar-refractivity contribution in [3.63, 3.8) is 0 Å². The van der Waals surface area contributed by atoms with Gasteiger partial charge in [0.2, 0.25) is 5.91 Å². The van der Waals surface area contributed by atoms with Gasteiger partial charge < -0.3 is 11.5 Å². The average molecular weight is 143 g/mol. The van der Waals surface area contributed by atoms with Gasteiger partial charge in [0.25, 0.3) is 0 Å². The molecule has 0 saturated carbocycles. The first-order valence-corrected chi connectivity index (χ1v) is 3.39. The van der Waals surface area contributed by atoms with Crippen molar-refractivity contribution < 1.29 is 4.79 Å². The second-order valence-electron chi connectivity index (χ2n) is 2.82. The number of amides is 1. The van der Waals surface area contributed by atoms with Crippen molar-refractivity contribution in [3.8, 4) is 0 Å². The van der Waals surface area contributed by atoms with E-state index in [1.807, 2.05) is 6.92 Å². The van der Waals surface area contributed by atoms with Crippen LogP contribution in [-0.2, 0) is 4.79 Å².